The predicted octanol–water partition coefficient (Wildman–Crippen LogP) is 4.58. The largest absolute Gasteiger partial charge is 0.310 e. The summed E-state index contributed by atoms with van der Waals surface area (Å²) in [6.07, 6.45) is 3.98. The van der Waals surface area contributed by atoms with E-state index in [0.29, 0.717) is 6.04 Å². The van der Waals surface area contributed by atoms with Crippen LogP contribution in [0.15, 0.2) is 54.0 Å². The zero-order valence-corrected chi connectivity index (χ0v) is 13.1. The summed E-state index contributed by atoms with van der Waals surface area (Å²) in [4.78, 5) is 4.45. The highest BCUT2D eigenvalue weighted by atomic mass is 32.1. The average Bonchev–Trinajstić information content (AvgIpc) is 3.04. The third-order valence-electron chi connectivity index (χ3n) is 3.70. The van der Waals surface area contributed by atoms with Gasteiger partial charge in [0, 0.05) is 24.0 Å². The minimum atomic E-state index is 0.321. The second kappa shape index (κ2) is 6.83. The number of thiazole rings is 1. The highest BCUT2D eigenvalue weighted by molar-refractivity contribution is 7.09. The van der Waals surface area contributed by atoms with Gasteiger partial charge in [-0.2, -0.15) is 0 Å². The molecule has 1 aromatic heterocycles. The van der Waals surface area contributed by atoms with Crippen molar-refractivity contribution in [3.8, 4) is 0 Å². The molecule has 21 heavy (non-hydrogen) atoms. The van der Waals surface area contributed by atoms with Gasteiger partial charge in [0.25, 0.3) is 0 Å². The Kier molecular flexibility index (Phi) is 4.63. The molecule has 1 heterocycles. The van der Waals surface area contributed by atoms with Gasteiger partial charge in [-0.15, -0.1) is 11.3 Å². The Balaban J connectivity index is 1.97. The zero-order valence-electron chi connectivity index (χ0n) is 12.3. The molecule has 0 aliphatic rings. The van der Waals surface area contributed by atoms with Crippen molar-refractivity contribution in [2.75, 3.05) is 6.54 Å². The normalized spacial score (nSPS) is 12.6. The molecule has 2 aromatic carbocycles. The van der Waals surface area contributed by atoms with Crippen LogP contribution in [0.25, 0.3) is 10.8 Å². The standard InChI is InChI=1S/C18H20N2S/c1-2-10-19-17(13-18-20-11-12-21-18)16-9-5-7-14-6-3-4-8-15(14)16/h3-9,11-12,17,19H,2,10,13H2,1H3. The van der Waals surface area contributed by atoms with Gasteiger partial charge in [0.2, 0.25) is 0 Å². The number of hydrogen-bond acceptors (Lipinski definition) is 3. The maximum Gasteiger partial charge on any atom is 0.0943 e. The maximum atomic E-state index is 4.45. The Morgan fingerprint density at radius 3 is 2.81 bits per heavy atom. The number of benzene rings is 2. The van der Waals surface area contributed by atoms with Crippen molar-refractivity contribution < 1.29 is 0 Å². The Hall–Kier alpha value is -1.71. The van der Waals surface area contributed by atoms with E-state index < -0.39 is 0 Å². The Morgan fingerprint density at radius 2 is 2.00 bits per heavy atom. The van der Waals surface area contributed by atoms with Gasteiger partial charge in [0.15, 0.2) is 0 Å². The quantitative estimate of drug-likeness (QED) is 0.720. The average molecular weight is 296 g/mol. The molecule has 1 N–H and O–H groups in total. The van der Waals surface area contributed by atoms with Crippen LogP contribution in [0, 0.1) is 0 Å². The highest BCUT2D eigenvalue weighted by Crippen LogP contribution is 2.27. The van der Waals surface area contributed by atoms with E-state index in [1.807, 2.05) is 6.20 Å². The third kappa shape index (κ3) is 3.31. The molecule has 0 aliphatic carbocycles. The van der Waals surface area contributed by atoms with Crippen molar-refractivity contribution in [3.05, 3.63) is 64.6 Å². The summed E-state index contributed by atoms with van der Waals surface area (Å²) in [5.74, 6) is 0. The summed E-state index contributed by atoms with van der Waals surface area (Å²) >= 11 is 1.73. The molecule has 3 heteroatoms. The molecule has 1 atom stereocenters. The zero-order chi connectivity index (χ0) is 14.5. The number of nitrogens with zero attached hydrogens (tertiary/aromatic N) is 1. The molecule has 1 unspecified atom stereocenters. The fourth-order valence-corrected chi connectivity index (χ4v) is 3.36. The van der Waals surface area contributed by atoms with Crippen LogP contribution in [0.4, 0.5) is 0 Å². The summed E-state index contributed by atoms with van der Waals surface area (Å²) in [5, 5.41) is 9.57. The predicted molar refractivity (Wildman–Crippen MR) is 90.8 cm³/mol. The van der Waals surface area contributed by atoms with Crippen molar-refractivity contribution in [1.29, 1.82) is 0 Å². The highest BCUT2D eigenvalue weighted by Gasteiger charge is 2.15. The van der Waals surface area contributed by atoms with Crippen LogP contribution in [0.1, 0.15) is 30.0 Å². The van der Waals surface area contributed by atoms with Gasteiger partial charge in [-0.05, 0) is 29.3 Å². The van der Waals surface area contributed by atoms with Crippen molar-refractivity contribution in [2.45, 2.75) is 25.8 Å². The summed E-state index contributed by atoms with van der Waals surface area (Å²) < 4.78 is 0. The van der Waals surface area contributed by atoms with Gasteiger partial charge < -0.3 is 5.32 Å². The third-order valence-corrected chi connectivity index (χ3v) is 4.50. The lowest BCUT2D eigenvalue weighted by molar-refractivity contribution is 0.531. The van der Waals surface area contributed by atoms with Gasteiger partial charge in [0.05, 0.1) is 5.01 Å². The van der Waals surface area contributed by atoms with Crippen LogP contribution < -0.4 is 5.32 Å². The summed E-state index contributed by atoms with van der Waals surface area (Å²) in [7, 11) is 0. The van der Waals surface area contributed by atoms with Crippen LogP contribution in [0.2, 0.25) is 0 Å². The molecule has 0 amide bonds. The van der Waals surface area contributed by atoms with E-state index in [9.17, 15) is 0 Å². The first-order chi connectivity index (χ1) is 10.4. The second-order valence-electron chi connectivity index (χ2n) is 5.21. The molecule has 0 saturated carbocycles. The van der Waals surface area contributed by atoms with Crippen LogP contribution in [-0.2, 0) is 6.42 Å². The number of aromatic nitrogens is 1. The molecule has 0 aliphatic heterocycles. The maximum absolute atomic E-state index is 4.45. The molecular weight excluding hydrogens is 276 g/mol. The SMILES string of the molecule is CCCNC(Cc1nccs1)c1cccc2ccccc12. The first-order valence-electron chi connectivity index (χ1n) is 7.48. The van der Waals surface area contributed by atoms with E-state index in [0.717, 1.165) is 19.4 Å². The summed E-state index contributed by atoms with van der Waals surface area (Å²) in [6, 6.07) is 15.5. The minimum absolute atomic E-state index is 0.321. The van der Waals surface area contributed by atoms with Crippen LogP contribution >= 0.6 is 11.3 Å². The molecule has 0 saturated heterocycles. The molecule has 0 bridgehead atoms. The van der Waals surface area contributed by atoms with Gasteiger partial charge >= 0.3 is 0 Å². The Labute approximate surface area is 129 Å². The van der Waals surface area contributed by atoms with E-state index in [1.165, 1.54) is 21.3 Å². The number of fused-ring (bicyclic) bond motifs is 1. The van der Waals surface area contributed by atoms with Crippen LogP contribution in [0.5, 0.6) is 0 Å². The molecule has 2 nitrogen and oxygen atoms in total. The molecule has 0 spiro atoms. The molecule has 3 rings (SSSR count). The van der Waals surface area contributed by atoms with E-state index in [4.69, 9.17) is 0 Å². The smallest absolute Gasteiger partial charge is 0.0943 e. The van der Waals surface area contributed by atoms with Gasteiger partial charge in [-0.3, -0.25) is 0 Å². The lowest BCUT2D eigenvalue weighted by atomic mass is 9.97. The van der Waals surface area contributed by atoms with Crippen molar-refractivity contribution >= 4 is 22.1 Å². The van der Waals surface area contributed by atoms with E-state index in [2.05, 4.69) is 65.1 Å². The number of nitrogens with one attached hydrogen (secondary N) is 1. The van der Waals surface area contributed by atoms with Gasteiger partial charge in [0.1, 0.15) is 0 Å². The van der Waals surface area contributed by atoms with Crippen LogP contribution in [-0.4, -0.2) is 11.5 Å². The lowest BCUT2D eigenvalue weighted by Gasteiger charge is -2.20. The minimum Gasteiger partial charge on any atom is -0.310 e. The van der Waals surface area contributed by atoms with Gasteiger partial charge in [-0.1, -0.05) is 49.4 Å². The molecule has 0 fully saturated rings. The molecule has 0 radical (unpaired) electrons. The Morgan fingerprint density at radius 1 is 1.14 bits per heavy atom. The van der Waals surface area contributed by atoms with Gasteiger partial charge in [-0.25, -0.2) is 4.98 Å². The topological polar surface area (TPSA) is 24.9 Å². The van der Waals surface area contributed by atoms with E-state index in [-0.39, 0.29) is 0 Å². The number of hydrogen-bond donors (Lipinski definition) is 1. The first kappa shape index (κ1) is 14.2. The fourth-order valence-electron chi connectivity index (χ4n) is 2.69. The molecule has 108 valence electrons. The van der Waals surface area contributed by atoms with E-state index in [1.54, 1.807) is 11.3 Å². The summed E-state index contributed by atoms with van der Waals surface area (Å²) in [5.41, 5.74) is 1.37. The Bertz CT molecular complexity index is 686. The van der Waals surface area contributed by atoms with Crippen LogP contribution in [0.3, 0.4) is 0 Å². The lowest BCUT2D eigenvalue weighted by Crippen LogP contribution is -2.24. The summed E-state index contributed by atoms with van der Waals surface area (Å²) in [6.45, 7) is 3.23. The molecular formula is C18H20N2S. The number of rotatable bonds is 6. The van der Waals surface area contributed by atoms with E-state index >= 15 is 0 Å². The van der Waals surface area contributed by atoms with Crippen molar-refractivity contribution in [2.24, 2.45) is 0 Å². The van der Waals surface area contributed by atoms with Crippen molar-refractivity contribution in [1.82, 2.24) is 10.3 Å². The molecule has 3 aromatic rings. The second-order valence-corrected chi connectivity index (χ2v) is 6.18. The fraction of sp³-hybridized carbons (Fsp3) is 0.278. The van der Waals surface area contributed by atoms with Crippen molar-refractivity contribution in [3.63, 3.8) is 0 Å². The monoisotopic (exact) mass is 296 g/mol. The first-order valence-corrected chi connectivity index (χ1v) is 8.36.